The van der Waals surface area contributed by atoms with E-state index in [1.165, 1.54) is 16.9 Å². The van der Waals surface area contributed by atoms with Crippen molar-refractivity contribution in [2.75, 3.05) is 5.32 Å². The van der Waals surface area contributed by atoms with Crippen molar-refractivity contribution in [1.82, 2.24) is 24.5 Å². The van der Waals surface area contributed by atoms with Gasteiger partial charge < -0.3 is 5.32 Å². The molecule has 27 heavy (non-hydrogen) atoms. The summed E-state index contributed by atoms with van der Waals surface area (Å²) in [5.41, 5.74) is 3.34. The quantitative estimate of drug-likeness (QED) is 0.606. The minimum atomic E-state index is -0.405. The molecule has 0 unspecified atom stereocenters. The maximum absolute atomic E-state index is 14.0. The van der Waals surface area contributed by atoms with Crippen LogP contribution in [0.4, 0.5) is 10.1 Å². The molecule has 136 valence electrons. The summed E-state index contributed by atoms with van der Waals surface area (Å²) in [6.45, 7) is 3.61. The maximum atomic E-state index is 14.0. The monoisotopic (exact) mass is 364 g/mol. The SMILES string of the molecule is Cc1nn(C)c2ncc(NC(=O)c3cnn(-c4ccccc4F)c3C)cc12. The average molecular weight is 364 g/mol. The van der Waals surface area contributed by atoms with Crippen LogP contribution >= 0.6 is 0 Å². The Labute approximate surface area is 154 Å². The van der Waals surface area contributed by atoms with Gasteiger partial charge >= 0.3 is 0 Å². The third-order valence-corrected chi connectivity index (χ3v) is 4.46. The number of benzene rings is 1. The summed E-state index contributed by atoms with van der Waals surface area (Å²) in [7, 11) is 1.82. The number of aryl methyl sites for hydroxylation is 2. The van der Waals surface area contributed by atoms with E-state index >= 15 is 0 Å². The number of para-hydroxylation sites is 1. The molecule has 8 heteroatoms. The van der Waals surface area contributed by atoms with Crippen LogP contribution in [-0.2, 0) is 7.05 Å². The molecule has 1 amide bonds. The summed E-state index contributed by atoms with van der Waals surface area (Å²) in [4.78, 5) is 17.0. The molecule has 7 nitrogen and oxygen atoms in total. The lowest BCUT2D eigenvalue weighted by atomic mass is 10.2. The minimum absolute atomic E-state index is 0.295. The second-order valence-corrected chi connectivity index (χ2v) is 6.27. The Bertz CT molecular complexity index is 1180. The lowest BCUT2D eigenvalue weighted by Gasteiger charge is -2.07. The number of hydrogen-bond acceptors (Lipinski definition) is 4. The highest BCUT2D eigenvalue weighted by molar-refractivity contribution is 6.05. The summed E-state index contributed by atoms with van der Waals surface area (Å²) >= 11 is 0. The second-order valence-electron chi connectivity index (χ2n) is 6.27. The first-order valence-electron chi connectivity index (χ1n) is 8.36. The molecule has 4 rings (SSSR count). The Hall–Kier alpha value is -3.55. The van der Waals surface area contributed by atoms with Gasteiger partial charge in [0.05, 0.1) is 35.0 Å². The van der Waals surface area contributed by atoms with E-state index < -0.39 is 5.82 Å². The van der Waals surface area contributed by atoms with Gasteiger partial charge in [0.1, 0.15) is 11.5 Å². The van der Waals surface area contributed by atoms with Crippen molar-refractivity contribution in [3.05, 3.63) is 65.5 Å². The number of amides is 1. The fourth-order valence-corrected chi connectivity index (χ4v) is 3.07. The Morgan fingerprint density at radius 2 is 1.96 bits per heavy atom. The summed E-state index contributed by atoms with van der Waals surface area (Å²) in [6, 6.07) is 8.12. The lowest BCUT2D eigenvalue weighted by Crippen LogP contribution is -2.13. The molecule has 0 aliphatic carbocycles. The smallest absolute Gasteiger partial charge is 0.259 e. The van der Waals surface area contributed by atoms with Crippen molar-refractivity contribution in [3.63, 3.8) is 0 Å². The zero-order valence-corrected chi connectivity index (χ0v) is 15.1. The maximum Gasteiger partial charge on any atom is 0.259 e. The summed E-state index contributed by atoms with van der Waals surface area (Å²) < 4.78 is 17.1. The van der Waals surface area contributed by atoms with Crippen molar-refractivity contribution >= 4 is 22.6 Å². The van der Waals surface area contributed by atoms with E-state index in [4.69, 9.17) is 0 Å². The highest BCUT2D eigenvalue weighted by atomic mass is 19.1. The van der Waals surface area contributed by atoms with Crippen molar-refractivity contribution in [2.24, 2.45) is 7.05 Å². The summed E-state index contributed by atoms with van der Waals surface area (Å²) in [5, 5.41) is 12.2. The fourth-order valence-electron chi connectivity index (χ4n) is 3.07. The molecule has 0 aliphatic rings. The van der Waals surface area contributed by atoms with Crippen molar-refractivity contribution in [2.45, 2.75) is 13.8 Å². The van der Waals surface area contributed by atoms with Crippen LogP contribution in [0.15, 0.2) is 42.7 Å². The molecule has 0 radical (unpaired) electrons. The van der Waals surface area contributed by atoms with Crippen LogP contribution in [-0.4, -0.2) is 30.5 Å². The van der Waals surface area contributed by atoms with Crippen LogP contribution in [0, 0.1) is 19.7 Å². The van der Waals surface area contributed by atoms with Crippen LogP contribution in [0.2, 0.25) is 0 Å². The molecule has 3 heterocycles. The number of carbonyl (C=O) groups excluding carboxylic acids is 1. The first-order chi connectivity index (χ1) is 13.0. The van der Waals surface area contributed by atoms with E-state index in [1.54, 1.807) is 36.0 Å². The minimum Gasteiger partial charge on any atom is -0.320 e. The highest BCUT2D eigenvalue weighted by Gasteiger charge is 2.17. The lowest BCUT2D eigenvalue weighted by molar-refractivity contribution is 0.102. The third-order valence-electron chi connectivity index (χ3n) is 4.46. The van der Waals surface area contributed by atoms with E-state index in [-0.39, 0.29) is 5.91 Å². The van der Waals surface area contributed by atoms with Gasteiger partial charge in [-0.3, -0.25) is 9.48 Å². The molecule has 0 aliphatic heterocycles. The van der Waals surface area contributed by atoms with Gasteiger partial charge in [-0.25, -0.2) is 14.1 Å². The van der Waals surface area contributed by atoms with Gasteiger partial charge in [-0.05, 0) is 32.0 Å². The van der Waals surface area contributed by atoms with Crippen LogP contribution < -0.4 is 5.32 Å². The molecule has 0 atom stereocenters. The van der Waals surface area contributed by atoms with E-state index in [9.17, 15) is 9.18 Å². The van der Waals surface area contributed by atoms with Crippen molar-refractivity contribution in [1.29, 1.82) is 0 Å². The number of hydrogen-bond donors (Lipinski definition) is 1. The number of pyridine rings is 1. The molecule has 0 bridgehead atoms. The normalized spacial score (nSPS) is 11.1. The van der Waals surface area contributed by atoms with Gasteiger partial charge in [0, 0.05) is 12.4 Å². The molecule has 0 fully saturated rings. The molecule has 3 aromatic heterocycles. The molecule has 1 N–H and O–H groups in total. The van der Waals surface area contributed by atoms with E-state index in [1.807, 2.05) is 20.0 Å². The Kier molecular flexibility index (Phi) is 3.95. The first-order valence-corrected chi connectivity index (χ1v) is 8.36. The Morgan fingerprint density at radius 1 is 1.19 bits per heavy atom. The number of aromatic nitrogens is 5. The second kappa shape index (κ2) is 6.31. The van der Waals surface area contributed by atoms with Gasteiger partial charge in [0.25, 0.3) is 5.91 Å². The largest absolute Gasteiger partial charge is 0.320 e. The molecular weight excluding hydrogens is 347 g/mol. The molecule has 4 aromatic rings. The number of fused-ring (bicyclic) bond motifs is 1. The topological polar surface area (TPSA) is 77.6 Å². The third kappa shape index (κ3) is 2.84. The number of carbonyl (C=O) groups is 1. The van der Waals surface area contributed by atoms with Crippen LogP contribution in [0.25, 0.3) is 16.7 Å². The number of halogens is 1. The highest BCUT2D eigenvalue weighted by Crippen LogP contribution is 2.21. The van der Waals surface area contributed by atoms with Crippen LogP contribution in [0.3, 0.4) is 0 Å². The zero-order valence-electron chi connectivity index (χ0n) is 15.1. The molecular formula is C19H17FN6O. The van der Waals surface area contributed by atoms with Gasteiger partial charge in [-0.2, -0.15) is 10.2 Å². The first kappa shape index (κ1) is 16.9. The average Bonchev–Trinajstić information content (AvgIpc) is 3.15. The van der Waals surface area contributed by atoms with Gasteiger partial charge in [0.2, 0.25) is 0 Å². The van der Waals surface area contributed by atoms with E-state index in [0.29, 0.717) is 22.6 Å². The summed E-state index contributed by atoms with van der Waals surface area (Å²) in [5.74, 6) is -0.741. The van der Waals surface area contributed by atoms with Gasteiger partial charge in [0.15, 0.2) is 5.65 Å². The van der Waals surface area contributed by atoms with Crippen molar-refractivity contribution < 1.29 is 9.18 Å². The van der Waals surface area contributed by atoms with E-state index in [0.717, 1.165) is 16.7 Å². The Balaban J connectivity index is 1.64. The molecule has 0 saturated heterocycles. The number of anilines is 1. The van der Waals surface area contributed by atoms with Gasteiger partial charge in [-0.1, -0.05) is 12.1 Å². The fraction of sp³-hybridized carbons (Fsp3) is 0.158. The number of nitrogens with one attached hydrogen (secondary N) is 1. The van der Waals surface area contributed by atoms with Gasteiger partial charge in [-0.15, -0.1) is 0 Å². The van der Waals surface area contributed by atoms with Crippen molar-refractivity contribution in [3.8, 4) is 5.69 Å². The van der Waals surface area contributed by atoms with E-state index in [2.05, 4.69) is 20.5 Å². The van der Waals surface area contributed by atoms with Crippen LogP contribution in [0.1, 0.15) is 21.7 Å². The standard InChI is InChI=1S/C19H17FN6O/c1-11-14-8-13(9-21-18(14)25(3)24-11)23-19(27)15-10-22-26(12(15)2)17-7-5-4-6-16(17)20/h4-10H,1-3H3,(H,23,27). The molecule has 0 saturated carbocycles. The van der Waals surface area contributed by atoms with Crippen LogP contribution in [0.5, 0.6) is 0 Å². The predicted molar refractivity (Wildman–Crippen MR) is 99.5 cm³/mol. The number of nitrogens with zero attached hydrogens (tertiary/aromatic N) is 5. The molecule has 0 spiro atoms. The summed E-state index contributed by atoms with van der Waals surface area (Å²) in [6.07, 6.45) is 3.01. The zero-order chi connectivity index (χ0) is 19.1. The Morgan fingerprint density at radius 3 is 2.74 bits per heavy atom. The molecule has 1 aromatic carbocycles. The predicted octanol–water partition coefficient (Wildman–Crippen LogP) is 3.16. The number of rotatable bonds is 3.